The molecule has 0 N–H and O–H groups in total. The van der Waals surface area contributed by atoms with Gasteiger partial charge < -0.3 is 4.90 Å². The molecular weight excluding hydrogens is 232 g/mol. The molecule has 0 saturated carbocycles. The summed E-state index contributed by atoms with van der Waals surface area (Å²) >= 11 is 0. The third-order valence-corrected chi connectivity index (χ3v) is 3.90. The third-order valence-electron chi connectivity index (χ3n) is 3.90. The molecule has 102 valence electrons. The average molecular weight is 257 g/mol. The highest BCUT2D eigenvalue weighted by molar-refractivity contribution is 5.68. The lowest BCUT2D eigenvalue weighted by atomic mass is 9.94. The van der Waals surface area contributed by atoms with Crippen LogP contribution in [0.15, 0.2) is 42.1 Å². The van der Waals surface area contributed by atoms with Gasteiger partial charge in [0.15, 0.2) is 11.8 Å². The summed E-state index contributed by atoms with van der Waals surface area (Å²) in [6.07, 6.45) is 6.70. The normalized spacial score (nSPS) is 17.7. The van der Waals surface area contributed by atoms with Crippen LogP contribution in [0, 0.1) is 0 Å². The summed E-state index contributed by atoms with van der Waals surface area (Å²) in [5, 5.41) is 0. The van der Waals surface area contributed by atoms with E-state index < -0.39 is 0 Å². The quantitative estimate of drug-likeness (QED) is 0.752. The average Bonchev–Trinajstić information content (AvgIpc) is 2.37. The maximum atomic E-state index is 2.47. The summed E-state index contributed by atoms with van der Waals surface area (Å²) in [6, 6.07) is 10.7. The first-order valence-electron chi connectivity index (χ1n) is 7.01. The number of hydrogen-bond donors (Lipinski definition) is 0. The number of allylic oxidation sites excluding steroid dienone is 1. The highest BCUT2D eigenvalue weighted by atomic mass is 15.1. The van der Waals surface area contributed by atoms with Gasteiger partial charge in [0, 0.05) is 46.1 Å². The monoisotopic (exact) mass is 257 g/mol. The van der Waals surface area contributed by atoms with Crippen molar-refractivity contribution in [3.63, 3.8) is 0 Å². The maximum absolute atomic E-state index is 2.47. The summed E-state index contributed by atoms with van der Waals surface area (Å²) in [6.45, 7) is 5.73. The predicted octanol–water partition coefficient (Wildman–Crippen LogP) is 2.94. The molecule has 1 heterocycles. The lowest BCUT2D eigenvalue weighted by Crippen LogP contribution is -2.42. The van der Waals surface area contributed by atoms with Crippen LogP contribution in [0.2, 0.25) is 0 Å². The van der Waals surface area contributed by atoms with Crippen molar-refractivity contribution in [2.75, 3.05) is 20.6 Å². The molecule has 0 unspecified atom stereocenters. The van der Waals surface area contributed by atoms with E-state index in [1.165, 1.54) is 11.3 Å². The first kappa shape index (κ1) is 13.9. The molecule has 0 radical (unpaired) electrons. The van der Waals surface area contributed by atoms with E-state index in [2.05, 4.69) is 80.0 Å². The molecule has 2 rings (SSSR count). The molecule has 1 aliphatic rings. The molecular formula is C17H25N2+. The van der Waals surface area contributed by atoms with Crippen LogP contribution in [0.5, 0.6) is 0 Å². The molecule has 0 atom stereocenters. The largest absolute Gasteiger partial charge is 0.381 e. The molecule has 2 nitrogen and oxygen atoms in total. The molecule has 0 bridgehead atoms. The van der Waals surface area contributed by atoms with Crippen LogP contribution in [0.3, 0.4) is 0 Å². The summed E-state index contributed by atoms with van der Waals surface area (Å²) < 4.78 is 2.47. The molecule has 1 aromatic carbocycles. The molecule has 0 aromatic heterocycles. The Morgan fingerprint density at radius 1 is 1.16 bits per heavy atom. The van der Waals surface area contributed by atoms with Crippen molar-refractivity contribution < 1.29 is 4.58 Å². The lowest BCUT2D eigenvalue weighted by molar-refractivity contribution is -0.597. The van der Waals surface area contributed by atoms with E-state index in [4.69, 9.17) is 0 Å². The topological polar surface area (TPSA) is 6.25 Å². The van der Waals surface area contributed by atoms with Gasteiger partial charge in [-0.1, -0.05) is 30.3 Å². The molecule has 0 aliphatic carbocycles. The van der Waals surface area contributed by atoms with E-state index in [-0.39, 0.29) is 5.54 Å². The molecule has 0 saturated heterocycles. The van der Waals surface area contributed by atoms with Gasteiger partial charge in [0.25, 0.3) is 0 Å². The first-order valence-corrected chi connectivity index (χ1v) is 7.01. The van der Waals surface area contributed by atoms with E-state index in [1.54, 1.807) is 0 Å². The van der Waals surface area contributed by atoms with Crippen molar-refractivity contribution in [2.45, 2.75) is 32.2 Å². The molecule has 2 heteroatoms. The Kier molecular flexibility index (Phi) is 4.08. The number of hydrogen-bond acceptors (Lipinski definition) is 1. The fourth-order valence-corrected chi connectivity index (χ4v) is 2.56. The van der Waals surface area contributed by atoms with Crippen LogP contribution in [-0.2, 0) is 6.42 Å². The van der Waals surface area contributed by atoms with Gasteiger partial charge in [-0.15, -0.1) is 0 Å². The van der Waals surface area contributed by atoms with Crippen LogP contribution in [0.4, 0.5) is 0 Å². The van der Waals surface area contributed by atoms with Crippen molar-refractivity contribution in [1.29, 1.82) is 0 Å². The Morgan fingerprint density at radius 2 is 1.84 bits per heavy atom. The summed E-state index contributed by atoms with van der Waals surface area (Å²) in [5.74, 6) is 0. The zero-order chi connectivity index (χ0) is 13.9. The van der Waals surface area contributed by atoms with Crippen molar-refractivity contribution in [2.24, 2.45) is 0 Å². The highest BCUT2D eigenvalue weighted by Crippen LogP contribution is 2.24. The second kappa shape index (κ2) is 5.60. The predicted molar refractivity (Wildman–Crippen MR) is 81.8 cm³/mol. The van der Waals surface area contributed by atoms with Crippen molar-refractivity contribution in [1.82, 2.24) is 4.90 Å². The third kappa shape index (κ3) is 3.46. The lowest BCUT2D eigenvalue weighted by Gasteiger charge is -2.30. The SMILES string of the molecule is CN(C)C1=CC=[N+](CCc2ccccc2)C(C)(C)C1. The minimum atomic E-state index is 0.198. The zero-order valence-electron chi connectivity index (χ0n) is 12.6. The Hall–Kier alpha value is -1.57. The van der Waals surface area contributed by atoms with Crippen LogP contribution in [0.1, 0.15) is 25.8 Å². The zero-order valence-corrected chi connectivity index (χ0v) is 12.6. The number of rotatable bonds is 4. The van der Waals surface area contributed by atoms with Crippen molar-refractivity contribution >= 4 is 6.21 Å². The van der Waals surface area contributed by atoms with Gasteiger partial charge in [0.05, 0.1) is 6.42 Å². The van der Waals surface area contributed by atoms with Crippen LogP contribution in [0.25, 0.3) is 0 Å². The van der Waals surface area contributed by atoms with Gasteiger partial charge in [0.2, 0.25) is 0 Å². The van der Waals surface area contributed by atoms with E-state index in [9.17, 15) is 0 Å². The molecule has 0 spiro atoms. The van der Waals surface area contributed by atoms with E-state index in [0.29, 0.717) is 0 Å². The van der Waals surface area contributed by atoms with Crippen LogP contribution >= 0.6 is 0 Å². The van der Waals surface area contributed by atoms with Gasteiger partial charge in [-0.3, -0.25) is 0 Å². The van der Waals surface area contributed by atoms with Crippen LogP contribution in [-0.4, -0.2) is 41.9 Å². The van der Waals surface area contributed by atoms with Gasteiger partial charge in [-0.05, 0) is 5.56 Å². The first-order chi connectivity index (χ1) is 8.99. The maximum Gasteiger partial charge on any atom is 0.165 e. The second-order valence-electron chi connectivity index (χ2n) is 6.12. The van der Waals surface area contributed by atoms with Gasteiger partial charge in [-0.2, -0.15) is 0 Å². The van der Waals surface area contributed by atoms with Gasteiger partial charge in [-0.25, -0.2) is 4.58 Å². The summed E-state index contributed by atoms with van der Waals surface area (Å²) in [7, 11) is 4.24. The highest BCUT2D eigenvalue weighted by Gasteiger charge is 2.33. The standard InChI is InChI=1S/C17H25N2/c1-17(2)14-16(18(3)4)11-13-19(17)12-10-15-8-6-5-7-9-15/h5-9,11,13H,10,12,14H2,1-4H3/q+1. The smallest absolute Gasteiger partial charge is 0.165 e. The Labute approximate surface area is 117 Å². The summed E-state index contributed by atoms with van der Waals surface area (Å²) in [5.41, 5.74) is 3.01. The Balaban J connectivity index is 2.07. The fraction of sp³-hybridized carbons (Fsp3) is 0.471. The fourth-order valence-electron chi connectivity index (χ4n) is 2.56. The van der Waals surface area contributed by atoms with Crippen molar-refractivity contribution in [3.8, 4) is 0 Å². The molecule has 19 heavy (non-hydrogen) atoms. The Bertz CT molecular complexity index is 481. The molecule has 0 fully saturated rings. The molecule has 1 aromatic rings. The number of benzene rings is 1. The Morgan fingerprint density at radius 3 is 2.42 bits per heavy atom. The van der Waals surface area contributed by atoms with Gasteiger partial charge in [0.1, 0.15) is 6.54 Å². The van der Waals surface area contributed by atoms with Crippen molar-refractivity contribution in [3.05, 3.63) is 47.7 Å². The van der Waals surface area contributed by atoms with E-state index in [0.717, 1.165) is 19.4 Å². The van der Waals surface area contributed by atoms with E-state index in [1.807, 2.05) is 0 Å². The second-order valence-corrected chi connectivity index (χ2v) is 6.12. The molecule has 0 amide bonds. The minimum Gasteiger partial charge on any atom is -0.381 e. The summed E-state index contributed by atoms with van der Waals surface area (Å²) in [4.78, 5) is 2.22. The van der Waals surface area contributed by atoms with Crippen LogP contribution < -0.4 is 0 Å². The minimum absolute atomic E-state index is 0.198. The van der Waals surface area contributed by atoms with Gasteiger partial charge >= 0.3 is 0 Å². The number of nitrogens with zero attached hydrogens (tertiary/aromatic N) is 2. The molecule has 1 aliphatic heterocycles. The van der Waals surface area contributed by atoms with E-state index >= 15 is 0 Å².